The molecule has 0 unspecified atom stereocenters. The van der Waals surface area contributed by atoms with Crippen molar-refractivity contribution in [1.29, 1.82) is 0 Å². The van der Waals surface area contributed by atoms with E-state index in [0.717, 1.165) is 10.7 Å². The van der Waals surface area contributed by atoms with E-state index in [1.165, 1.54) is 0 Å². The topological polar surface area (TPSA) is 227 Å². The summed E-state index contributed by atoms with van der Waals surface area (Å²) in [4.78, 5) is 16.0. The van der Waals surface area contributed by atoms with E-state index in [1.54, 1.807) is 0 Å². The molecule has 12 radical (unpaired) electrons. The smallest absolute Gasteiger partial charge is 0.444 e. The van der Waals surface area contributed by atoms with Crippen LogP contribution in [0.15, 0.2) is 10.7 Å². The summed E-state index contributed by atoms with van der Waals surface area (Å²) in [6.07, 6.45) is 0. The standard InChI is InChI=1S/2HNO2.4N.Ni/c2*2-1-3;;;;;/h2*(H,2,3);;;;;/q;;;;;;+2/p-2. The van der Waals surface area contributed by atoms with Gasteiger partial charge in [0.1, 0.15) is 0 Å². The molecule has 0 aliphatic rings. The van der Waals surface area contributed by atoms with Crippen LogP contribution in [-0.4, -0.2) is 0 Å². The molecular weight excluding hydrogens is 207 g/mol. The maximum absolute atomic E-state index is 8.00. The molecule has 11 heavy (non-hydrogen) atoms. The Hall–Kier alpha value is -0.866. The first-order valence-corrected chi connectivity index (χ1v) is 0.730. The van der Waals surface area contributed by atoms with E-state index in [1.807, 2.05) is 0 Å². The Morgan fingerprint density at radius 2 is 0.727 bits per heavy atom. The Kier molecular flexibility index (Phi) is 3680. The van der Waals surface area contributed by atoms with Crippen molar-refractivity contribution in [3.05, 3.63) is 20.2 Å². The molecule has 0 N–H and O–H groups in total. The molecule has 0 aliphatic heterocycles. The molecule has 0 aliphatic carbocycles. The molecule has 0 rings (SSSR count). The average molecular weight is 207 g/mol. The van der Waals surface area contributed by atoms with Crippen molar-refractivity contribution in [2.24, 2.45) is 10.7 Å². The minimum atomic E-state index is 0. The fraction of sp³-hybridized carbons (Fsp3) is 0. The second-order valence-corrected chi connectivity index (χ2v) is 0.149. The molecule has 64 valence electrons. The van der Waals surface area contributed by atoms with Crippen LogP contribution in [0.4, 0.5) is 0 Å². The Balaban J connectivity index is -0.00000000400. The molecule has 0 aromatic rings. The van der Waals surface area contributed by atoms with Crippen LogP contribution in [0, 0.1) is 20.2 Å². The van der Waals surface area contributed by atoms with Gasteiger partial charge in [-0.1, -0.05) is 0 Å². The number of rotatable bonds is 0. The van der Waals surface area contributed by atoms with Crippen molar-refractivity contribution >= 4 is 0 Å². The average Bonchev–Trinajstić information content (AvgIpc) is 1.39. The molecule has 0 aromatic carbocycles. The first-order chi connectivity index (χ1) is 2.83. The van der Waals surface area contributed by atoms with Gasteiger partial charge in [0, 0.05) is 24.6 Å². The van der Waals surface area contributed by atoms with Crippen molar-refractivity contribution in [3.8, 4) is 0 Å². The second-order valence-electron chi connectivity index (χ2n) is 0.149. The Morgan fingerprint density at radius 3 is 0.727 bits per heavy atom. The van der Waals surface area contributed by atoms with E-state index in [-0.39, 0.29) is 41.1 Å². The Morgan fingerprint density at radius 1 is 0.727 bits per heavy atom. The van der Waals surface area contributed by atoms with Gasteiger partial charge in [0.2, 0.25) is 0 Å². The fourth-order valence-electron chi connectivity index (χ4n) is 0. The van der Waals surface area contributed by atoms with Gasteiger partial charge in [-0.3, -0.25) is 0 Å². The van der Waals surface area contributed by atoms with E-state index in [2.05, 4.69) is 0 Å². The van der Waals surface area contributed by atoms with E-state index in [4.69, 9.17) is 20.2 Å². The van der Waals surface area contributed by atoms with E-state index < -0.39 is 0 Å². The first kappa shape index (κ1) is 86.1. The SMILES string of the molecule is O=N[O-].O=N[O-].[N].[N].[N].[N].[Ni+2]. The van der Waals surface area contributed by atoms with Crippen LogP contribution < -0.4 is 24.6 Å². The largest absolute Gasteiger partial charge is 2.00 e. The zero-order valence-corrected chi connectivity index (χ0v) is 5.62. The number of nitrogens with zero attached hydrogens (tertiary/aromatic N) is 6. The van der Waals surface area contributed by atoms with E-state index >= 15 is 0 Å². The fourth-order valence-corrected chi connectivity index (χ4v) is 0. The molecule has 0 saturated carbocycles. The van der Waals surface area contributed by atoms with Crippen LogP contribution in [0.1, 0.15) is 0 Å². The van der Waals surface area contributed by atoms with Gasteiger partial charge in [-0.2, -0.15) is 0 Å². The molecule has 0 atom stereocenters. The minimum Gasteiger partial charge on any atom is -0.444 e. The number of hydrogen-bond donors (Lipinski definition) is 0. The predicted octanol–water partition coefficient (Wildman–Crippen LogP) is -1.42. The molecular formula is N6NiO4. The molecule has 0 saturated heterocycles. The van der Waals surface area contributed by atoms with Gasteiger partial charge in [0.25, 0.3) is 0 Å². The molecule has 11 heteroatoms. The van der Waals surface area contributed by atoms with Crippen LogP contribution in [0.5, 0.6) is 0 Å². The zero-order chi connectivity index (χ0) is 5.41. The van der Waals surface area contributed by atoms with Gasteiger partial charge < -0.3 is 20.2 Å². The number of hydrogen-bond acceptors (Lipinski definition) is 6. The van der Waals surface area contributed by atoms with Gasteiger partial charge in [-0.05, 0) is 0 Å². The summed E-state index contributed by atoms with van der Waals surface area (Å²) in [7, 11) is 0. The van der Waals surface area contributed by atoms with Crippen LogP contribution in [0.25, 0.3) is 0 Å². The zero-order valence-electron chi connectivity index (χ0n) is 4.63. The van der Waals surface area contributed by atoms with Crippen LogP contribution in [0.3, 0.4) is 0 Å². The van der Waals surface area contributed by atoms with Gasteiger partial charge in [0.15, 0.2) is 0 Å². The normalized spacial score (nSPS) is 2.18. The summed E-state index contributed by atoms with van der Waals surface area (Å²) >= 11 is 0. The molecule has 0 heterocycles. The molecule has 10 nitrogen and oxygen atoms in total. The summed E-state index contributed by atoms with van der Waals surface area (Å²) in [6.45, 7) is 0. The van der Waals surface area contributed by atoms with Crippen molar-refractivity contribution < 1.29 is 16.5 Å². The quantitative estimate of drug-likeness (QED) is 0.264. The monoisotopic (exact) mass is 206 g/mol. The summed E-state index contributed by atoms with van der Waals surface area (Å²) in [6, 6.07) is 0. The maximum Gasteiger partial charge on any atom is 2.00 e. The molecule has 0 fully saturated rings. The first-order valence-electron chi connectivity index (χ1n) is 0.730. The third kappa shape index (κ3) is 619. The third-order valence-electron chi connectivity index (χ3n) is 0. The minimum absolute atomic E-state index is 0. The third-order valence-corrected chi connectivity index (χ3v) is 0. The summed E-state index contributed by atoms with van der Waals surface area (Å²) in [5.74, 6) is 0. The van der Waals surface area contributed by atoms with Gasteiger partial charge in [-0.25, -0.2) is 0 Å². The predicted molar refractivity (Wildman–Crippen MR) is 26.9 cm³/mol. The Bertz CT molecular complexity index is 35.6. The summed E-state index contributed by atoms with van der Waals surface area (Å²) < 4.78 is 0. The van der Waals surface area contributed by atoms with Crippen LogP contribution >= 0.6 is 0 Å². The van der Waals surface area contributed by atoms with Crippen molar-refractivity contribution in [3.63, 3.8) is 0 Å². The van der Waals surface area contributed by atoms with E-state index in [0.29, 0.717) is 0 Å². The van der Waals surface area contributed by atoms with Gasteiger partial charge >= 0.3 is 16.5 Å². The molecule has 0 aromatic heterocycles. The molecule has 0 spiro atoms. The second kappa shape index (κ2) is 470. The van der Waals surface area contributed by atoms with Crippen LogP contribution in [-0.2, 0) is 16.5 Å². The Labute approximate surface area is 72.9 Å². The van der Waals surface area contributed by atoms with Gasteiger partial charge in [-0.15, -0.1) is 10.7 Å². The van der Waals surface area contributed by atoms with Crippen molar-refractivity contribution in [2.75, 3.05) is 0 Å². The van der Waals surface area contributed by atoms with Crippen molar-refractivity contribution in [2.45, 2.75) is 0 Å². The molecule has 0 bridgehead atoms. The van der Waals surface area contributed by atoms with E-state index in [9.17, 15) is 0 Å². The van der Waals surface area contributed by atoms with Crippen molar-refractivity contribution in [1.82, 2.24) is 24.6 Å². The summed E-state index contributed by atoms with van der Waals surface area (Å²) in [5, 5.41) is 18.0. The molecule has 0 amide bonds. The maximum atomic E-state index is 8.00. The van der Waals surface area contributed by atoms with Gasteiger partial charge in [0.05, 0.1) is 0 Å². The summed E-state index contributed by atoms with van der Waals surface area (Å²) in [5.41, 5.74) is 0. The van der Waals surface area contributed by atoms with Crippen LogP contribution in [0.2, 0.25) is 0 Å².